The third kappa shape index (κ3) is 6.25. The van der Waals surface area contributed by atoms with E-state index in [2.05, 4.69) is 21.3 Å². The van der Waals surface area contributed by atoms with E-state index in [9.17, 15) is 31.1 Å². The second-order valence-corrected chi connectivity index (χ2v) is 3.40. The maximum Gasteiger partial charge on any atom is 0.441 e. The zero-order chi connectivity index (χ0) is 16.0. The van der Waals surface area contributed by atoms with Crippen LogP contribution in [-0.4, -0.2) is 34.4 Å². The summed E-state index contributed by atoms with van der Waals surface area (Å²) in [6.07, 6.45) is -10.5. The second-order valence-electron chi connectivity index (χ2n) is 3.40. The van der Waals surface area contributed by atoms with Crippen molar-refractivity contribution in [3.8, 4) is 0 Å². The van der Waals surface area contributed by atoms with Gasteiger partial charge in [0.2, 0.25) is 0 Å². The largest absolute Gasteiger partial charge is 0.441 e. The molecule has 0 aliphatic heterocycles. The van der Waals surface area contributed by atoms with Crippen molar-refractivity contribution < 1.29 is 35.9 Å². The molecule has 0 fully saturated rings. The lowest BCUT2D eigenvalue weighted by Gasteiger charge is -2.21. The molecule has 10 heteroatoms. The van der Waals surface area contributed by atoms with Crippen LogP contribution >= 0.6 is 0 Å². The Kier molecular flexibility index (Phi) is 6.27. The molecule has 0 aliphatic rings. The summed E-state index contributed by atoms with van der Waals surface area (Å²) in [5, 5.41) is 0. The van der Waals surface area contributed by atoms with Crippen LogP contribution in [0, 0.1) is 0 Å². The van der Waals surface area contributed by atoms with Crippen LogP contribution in [0.25, 0.3) is 0 Å². The fourth-order valence-electron chi connectivity index (χ4n) is 0.668. The molecule has 0 radical (unpaired) electrons. The Balaban J connectivity index is 0.000000595. The molecule has 1 rings (SSSR count). The lowest BCUT2D eigenvalue weighted by atomic mass is 10.3. The van der Waals surface area contributed by atoms with E-state index >= 15 is 0 Å². The zero-order valence-electron chi connectivity index (χ0n) is 10.0. The van der Waals surface area contributed by atoms with Gasteiger partial charge in [-0.15, -0.1) is 0 Å². The number of hydrogen-bond donors (Lipinski definition) is 1. The summed E-state index contributed by atoms with van der Waals surface area (Å²) in [7, 11) is 0. The van der Waals surface area contributed by atoms with Crippen LogP contribution in [-0.2, 0) is 9.53 Å². The van der Waals surface area contributed by atoms with E-state index in [1.807, 2.05) is 0 Å². The lowest BCUT2D eigenvalue weighted by Crippen LogP contribution is -2.44. The Morgan fingerprint density at radius 1 is 1.35 bits per heavy atom. The van der Waals surface area contributed by atoms with Gasteiger partial charge in [0.1, 0.15) is 0 Å². The SMILES string of the molecule is C=C(C)C(=O)OC(F)(F)C(F)C(F)(F)F.c1c[nH]cn1. The van der Waals surface area contributed by atoms with E-state index in [1.54, 1.807) is 18.7 Å². The Morgan fingerprint density at radius 2 is 1.90 bits per heavy atom. The van der Waals surface area contributed by atoms with Crippen molar-refractivity contribution in [2.45, 2.75) is 25.4 Å². The Labute approximate surface area is 109 Å². The third-order valence-corrected chi connectivity index (χ3v) is 1.57. The van der Waals surface area contributed by atoms with Crippen molar-refractivity contribution in [1.29, 1.82) is 0 Å². The maximum absolute atomic E-state index is 12.3. The quantitative estimate of drug-likeness (QED) is 0.530. The number of nitrogens with zero attached hydrogens (tertiary/aromatic N) is 1. The van der Waals surface area contributed by atoms with Gasteiger partial charge in [0.05, 0.1) is 6.33 Å². The highest BCUT2D eigenvalue weighted by Crippen LogP contribution is 2.35. The van der Waals surface area contributed by atoms with E-state index in [1.165, 1.54) is 0 Å². The van der Waals surface area contributed by atoms with Crippen LogP contribution in [0.3, 0.4) is 0 Å². The third-order valence-electron chi connectivity index (χ3n) is 1.57. The normalized spacial score (nSPS) is 12.9. The number of hydrogen-bond acceptors (Lipinski definition) is 3. The molecule has 1 heterocycles. The van der Waals surface area contributed by atoms with Crippen molar-refractivity contribution in [2.75, 3.05) is 0 Å². The summed E-state index contributed by atoms with van der Waals surface area (Å²) >= 11 is 0. The first kappa shape index (κ1) is 18.0. The summed E-state index contributed by atoms with van der Waals surface area (Å²) in [4.78, 5) is 16.9. The second kappa shape index (κ2) is 6.96. The molecule has 1 unspecified atom stereocenters. The van der Waals surface area contributed by atoms with E-state index in [0.717, 1.165) is 6.92 Å². The number of esters is 1. The number of H-pyrrole nitrogens is 1. The molecule has 0 bridgehead atoms. The van der Waals surface area contributed by atoms with Crippen molar-refractivity contribution in [2.24, 2.45) is 0 Å². The molecule has 4 nitrogen and oxygen atoms in total. The van der Waals surface area contributed by atoms with Gasteiger partial charge in [-0.1, -0.05) is 6.58 Å². The highest BCUT2D eigenvalue weighted by atomic mass is 19.4. The van der Waals surface area contributed by atoms with Gasteiger partial charge in [-0.3, -0.25) is 0 Å². The maximum atomic E-state index is 12.3. The van der Waals surface area contributed by atoms with E-state index in [-0.39, 0.29) is 0 Å². The summed E-state index contributed by atoms with van der Waals surface area (Å²) in [5.74, 6) is -1.80. The van der Waals surface area contributed by atoms with Gasteiger partial charge in [0, 0.05) is 18.0 Å². The average molecular weight is 304 g/mol. The van der Waals surface area contributed by atoms with Gasteiger partial charge in [0.15, 0.2) is 0 Å². The number of rotatable bonds is 3. The minimum atomic E-state index is -5.81. The van der Waals surface area contributed by atoms with E-state index in [0.29, 0.717) is 0 Å². The summed E-state index contributed by atoms with van der Waals surface area (Å²) in [6.45, 7) is 3.78. The summed E-state index contributed by atoms with van der Waals surface area (Å²) in [5.41, 5.74) is -0.566. The highest BCUT2D eigenvalue weighted by Gasteiger charge is 2.60. The predicted octanol–water partition coefficient (Wildman–Crippen LogP) is 3.01. The number of halogens is 6. The van der Waals surface area contributed by atoms with Gasteiger partial charge >= 0.3 is 18.3 Å². The van der Waals surface area contributed by atoms with Gasteiger partial charge in [0.25, 0.3) is 6.17 Å². The Hall–Kier alpha value is -2.00. The molecule has 0 spiro atoms. The van der Waals surface area contributed by atoms with Gasteiger partial charge < -0.3 is 9.72 Å². The summed E-state index contributed by atoms with van der Waals surface area (Å²) < 4.78 is 74.4. The first-order chi connectivity index (χ1) is 8.98. The molecular formula is C10H10F6N2O2. The molecule has 0 aromatic carbocycles. The highest BCUT2D eigenvalue weighted by molar-refractivity contribution is 5.87. The summed E-state index contributed by atoms with van der Waals surface area (Å²) in [6, 6.07) is 0. The number of imidazole rings is 1. The van der Waals surface area contributed by atoms with E-state index < -0.39 is 30.0 Å². The number of alkyl halides is 6. The number of nitrogens with one attached hydrogen (secondary N) is 1. The predicted molar refractivity (Wildman–Crippen MR) is 55.4 cm³/mol. The topological polar surface area (TPSA) is 55.0 Å². The Bertz CT molecular complexity index is 412. The standard InChI is InChI=1S/C7H6F6O2.C3H4N2/c1-3(2)4(14)15-7(12,13)5(8)6(9,10)11;1-2-5-3-4-1/h5H,1H2,2H3;1-3H,(H,4,5). The number of aromatic amines is 1. The van der Waals surface area contributed by atoms with E-state index in [4.69, 9.17) is 0 Å². The van der Waals surface area contributed by atoms with Crippen molar-refractivity contribution in [3.05, 3.63) is 30.9 Å². The number of carbonyl (C=O) groups is 1. The fourth-order valence-corrected chi connectivity index (χ4v) is 0.668. The number of aromatic nitrogens is 2. The van der Waals surface area contributed by atoms with Crippen molar-refractivity contribution in [1.82, 2.24) is 9.97 Å². The van der Waals surface area contributed by atoms with Gasteiger partial charge in [-0.2, -0.15) is 22.0 Å². The van der Waals surface area contributed by atoms with Crippen LogP contribution in [0.4, 0.5) is 26.3 Å². The van der Waals surface area contributed by atoms with Crippen molar-refractivity contribution >= 4 is 5.97 Å². The molecule has 0 aliphatic carbocycles. The first-order valence-corrected chi connectivity index (χ1v) is 4.88. The molecule has 1 N–H and O–H groups in total. The number of carbonyl (C=O) groups excluding carboxylic acids is 1. The molecule has 0 amide bonds. The van der Waals surface area contributed by atoms with Crippen LogP contribution in [0.15, 0.2) is 30.9 Å². The minimum Gasteiger partial charge on any atom is -0.395 e. The average Bonchev–Trinajstić information content (AvgIpc) is 2.84. The minimum absolute atomic E-state index is 0.566. The Morgan fingerprint density at radius 3 is 2.15 bits per heavy atom. The molecule has 114 valence electrons. The fraction of sp³-hybridized carbons (Fsp3) is 0.400. The molecule has 1 aromatic heterocycles. The molecule has 0 saturated heterocycles. The van der Waals surface area contributed by atoms with Crippen LogP contribution in [0.2, 0.25) is 0 Å². The number of ether oxygens (including phenoxy) is 1. The first-order valence-electron chi connectivity index (χ1n) is 4.88. The van der Waals surface area contributed by atoms with Crippen LogP contribution in [0.5, 0.6) is 0 Å². The molecular weight excluding hydrogens is 294 g/mol. The molecule has 1 aromatic rings. The molecule has 20 heavy (non-hydrogen) atoms. The van der Waals surface area contributed by atoms with Crippen LogP contribution in [0.1, 0.15) is 6.92 Å². The molecule has 0 saturated carbocycles. The zero-order valence-corrected chi connectivity index (χ0v) is 10.0. The van der Waals surface area contributed by atoms with Gasteiger partial charge in [-0.25, -0.2) is 14.2 Å². The lowest BCUT2D eigenvalue weighted by molar-refractivity contribution is -0.320. The smallest absolute Gasteiger partial charge is 0.395 e. The van der Waals surface area contributed by atoms with Crippen molar-refractivity contribution in [3.63, 3.8) is 0 Å². The van der Waals surface area contributed by atoms with Crippen LogP contribution < -0.4 is 0 Å². The monoisotopic (exact) mass is 304 g/mol. The molecule has 1 atom stereocenters. The van der Waals surface area contributed by atoms with Gasteiger partial charge in [-0.05, 0) is 6.92 Å².